The number of allylic oxidation sites excluding steroid dienone is 1. The zero-order valence-corrected chi connectivity index (χ0v) is 15.9. The molecule has 0 bridgehead atoms. The molecule has 0 heterocycles. The van der Waals surface area contributed by atoms with E-state index in [1.165, 1.54) is 0 Å². The van der Waals surface area contributed by atoms with Gasteiger partial charge in [-0.15, -0.1) is 6.58 Å². The van der Waals surface area contributed by atoms with E-state index in [1.54, 1.807) is 6.08 Å². The van der Waals surface area contributed by atoms with Crippen LogP contribution in [0.3, 0.4) is 0 Å². The van der Waals surface area contributed by atoms with E-state index in [-0.39, 0.29) is 11.0 Å². The molecule has 0 spiro atoms. The van der Waals surface area contributed by atoms with E-state index in [4.69, 9.17) is 20.8 Å². The zero-order chi connectivity index (χ0) is 16.0. The first kappa shape index (κ1) is 19.7. The van der Waals surface area contributed by atoms with Crippen molar-refractivity contribution in [2.75, 3.05) is 6.61 Å². The Kier molecular flexibility index (Phi) is 8.15. The Hall–Kier alpha value is -0.253. The van der Waals surface area contributed by atoms with Gasteiger partial charge < -0.3 is 9.16 Å². The molecule has 0 fully saturated rings. The summed E-state index contributed by atoms with van der Waals surface area (Å²) >= 11 is 6.22. The van der Waals surface area contributed by atoms with Crippen LogP contribution in [-0.2, 0) is 9.16 Å². The van der Waals surface area contributed by atoms with E-state index >= 15 is 0 Å². The molecule has 0 aromatic rings. The van der Waals surface area contributed by atoms with Gasteiger partial charge in [-0.1, -0.05) is 52.3 Å². The van der Waals surface area contributed by atoms with Crippen molar-refractivity contribution in [1.82, 2.24) is 0 Å². The second-order valence-corrected chi connectivity index (χ2v) is 11.9. The highest BCUT2D eigenvalue weighted by atomic mass is 35.5. The summed E-state index contributed by atoms with van der Waals surface area (Å²) in [7, 11) is -1.77. The van der Waals surface area contributed by atoms with Crippen LogP contribution in [0.4, 0.5) is 0 Å². The number of halogens is 1. The van der Waals surface area contributed by atoms with Gasteiger partial charge in [0.05, 0.1) is 6.61 Å². The molecular weight excluding hydrogens is 288 g/mol. The third-order valence-electron chi connectivity index (χ3n) is 3.86. The van der Waals surface area contributed by atoms with Crippen molar-refractivity contribution in [3.63, 3.8) is 0 Å². The second kappa shape index (κ2) is 8.25. The van der Waals surface area contributed by atoms with Crippen molar-refractivity contribution < 1.29 is 9.16 Å². The lowest BCUT2D eigenvalue weighted by Crippen LogP contribution is -2.41. The molecule has 0 aliphatic carbocycles. The van der Waals surface area contributed by atoms with Gasteiger partial charge in [-0.25, -0.2) is 0 Å². The molecule has 20 heavy (non-hydrogen) atoms. The van der Waals surface area contributed by atoms with Crippen molar-refractivity contribution in [1.29, 1.82) is 0 Å². The highest BCUT2D eigenvalue weighted by molar-refractivity contribution is 6.74. The summed E-state index contributed by atoms with van der Waals surface area (Å²) in [6.07, 6.45) is 4.75. The van der Waals surface area contributed by atoms with E-state index in [1.807, 2.05) is 13.0 Å². The van der Waals surface area contributed by atoms with Crippen molar-refractivity contribution >= 4 is 19.9 Å². The lowest BCUT2D eigenvalue weighted by molar-refractivity contribution is 0.119. The van der Waals surface area contributed by atoms with Crippen molar-refractivity contribution in [3.8, 4) is 0 Å². The number of alkyl halides is 1. The Morgan fingerprint density at radius 1 is 1.35 bits per heavy atom. The van der Waals surface area contributed by atoms with Crippen molar-refractivity contribution in [3.05, 3.63) is 24.5 Å². The predicted molar refractivity (Wildman–Crippen MR) is 91.6 cm³/mol. The fraction of sp³-hybridized carbons (Fsp3) is 0.750. The van der Waals surface area contributed by atoms with E-state index < -0.39 is 13.9 Å². The quantitative estimate of drug-likeness (QED) is 0.247. The summed E-state index contributed by atoms with van der Waals surface area (Å²) in [6.45, 7) is 19.5. The van der Waals surface area contributed by atoms with Gasteiger partial charge in [-0.3, -0.25) is 0 Å². The van der Waals surface area contributed by atoms with Gasteiger partial charge in [0.1, 0.15) is 5.76 Å². The molecule has 2 atom stereocenters. The lowest BCUT2D eigenvalue weighted by Gasteiger charge is -2.36. The van der Waals surface area contributed by atoms with Gasteiger partial charge in [0, 0.05) is 5.92 Å². The maximum atomic E-state index is 6.22. The Balaban J connectivity index is 4.66. The smallest absolute Gasteiger partial charge is 0.192 e. The molecule has 0 saturated carbocycles. The third kappa shape index (κ3) is 6.46. The van der Waals surface area contributed by atoms with Crippen LogP contribution in [0, 0.1) is 5.92 Å². The molecule has 0 radical (unpaired) electrons. The Bertz CT molecular complexity index is 332. The minimum atomic E-state index is -1.77. The summed E-state index contributed by atoms with van der Waals surface area (Å²) in [4.78, 5) is 0. The Morgan fingerprint density at radius 2 is 1.90 bits per heavy atom. The number of ether oxygens (including phenoxy) is 1. The average Bonchev–Trinajstić information content (AvgIpc) is 2.33. The molecule has 2 nitrogen and oxygen atoms in total. The maximum Gasteiger partial charge on any atom is 0.192 e. The zero-order valence-electron chi connectivity index (χ0n) is 14.1. The van der Waals surface area contributed by atoms with E-state index in [2.05, 4.69) is 47.4 Å². The van der Waals surface area contributed by atoms with Gasteiger partial charge in [0.15, 0.2) is 13.9 Å². The summed E-state index contributed by atoms with van der Waals surface area (Å²) in [5.74, 6) is 0.927. The van der Waals surface area contributed by atoms with Gasteiger partial charge in [-0.05, 0) is 30.6 Å². The first-order chi connectivity index (χ1) is 9.05. The number of hydrogen-bond donors (Lipinski definition) is 0. The topological polar surface area (TPSA) is 18.5 Å². The molecule has 118 valence electrons. The van der Waals surface area contributed by atoms with Crippen LogP contribution in [0.1, 0.15) is 41.0 Å². The van der Waals surface area contributed by atoms with Crippen LogP contribution in [0.5, 0.6) is 0 Å². The molecule has 0 amide bonds. The lowest BCUT2D eigenvalue weighted by atomic mass is 10.2. The minimum absolute atomic E-state index is 0.102. The summed E-state index contributed by atoms with van der Waals surface area (Å²) < 4.78 is 12.0. The van der Waals surface area contributed by atoms with Crippen LogP contribution in [0.25, 0.3) is 0 Å². The summed E-state index contributed by atoms with van der Waals surface area (Å²) in [6, 6.07) is 0. The van der Waals surface area contributed by atoms with E-state index in [9.17, 15) is 0 Å². The first-order valence-corrected chi connectivity index (χ1v) is 10.7. The van der Waals surface area contributed by atoms with Crippen LogP contribution in [-0.4, -0.2) is 20.5 Å². The largest absolute Gasteiger partial charge is 0.476 e. The third-order valence-corrected chi connectivity index (χ3v) is 8.83. The highest BCUT2D eigenvalue weighted by Crippen LogP contribution is 2.36. The molecule has 0 aliphatic rings. The predicted octanol–water partition coefficient (Wildman–Crippen LogP) is 5.71. The normalized spacial score (nSPS) is 16.7. The first-order valence-electron chi connectivity index (χ1n) is 7.31. The molecule has 0 saturated heterocycles. The van der Waals surface area contributed by atoms with Crippen LogP contribution < -0.4 is 0 Å². The van der Waals surface area contributed by atoms with Gasteiger partial charge in [0.25, 0.3) is 0 Å². The van der Waals surface area contributed by atoms with E-state index in [0.717, 1.165) is 12.2 Å². The number of rotatable bonds is 8. The SMILES string of the molecule is C=CC(C)C(Cl)O/C(=C\CC)CO[Si](C)(C)C(C)(C)C. The highest BCUT2D eigenvalue weighted by Gasteiger charge is 2.37. The Morgan fingerprint density at radius 3 is 2.30 bits per heavy atom. The summed E-state index contributed by atoms with van der Waals surface area (Å²) in [5, 5.41) is 0.194. The van der Waals surface area contributed by atoms with Gasteiger partial charge >= 0.3 is 0 Å². The van der Waals surface area contributed by atoms with Gasteiger partial charge in [-0.2, -0.15) is 0 Å². The molecule has 2 unspecified atom stereocenters. The van der Waals surface area contributed by atoms with E-state index in [0.29, 0.717) is 6.61 Å². The van der Waals surface area contributed by atoms with Crippen molar-refractivity contribution in [2.45, 2.75) is 64.7 Å². The van der Waals surface area contributed by atoms with Gasteiger partial charge in [0.2, 0.25) is 0 Å². The fourth-order valence-electron chi connectivity index (χ4n) is 1.20. The molecule has 4 heteroatoms. The molecule has 0 aliphatic heterocycles. The molecule has 0 N–H and O–H groups in total. The van der Waals surface area contributed by atoms with Crippen LogP contribution in [0.2, 0.25) is 18.1 Å². The fourth-order valence-corrected chi connectivity index (χ4v) is 2.35. The van der Waals surface area contributed by atoms with Crippen LogP contribution in [0.15, 0.2) is 24.5 Å². The monoisotopic (exact) mass is 318 g/mol. The minimum Gasteiger partial charge on any atom is -0.476 e. The molecule has 0 aromatic carbocycles. The number of hydrogen-bond acceptors (Lipinski definition) is 2. The van der Waals surface area contributed by atoms with Crippen molar-refractivity contribution in [2.24, 2.45) is 5.92 Å². The average molecular weight is 319 g/mol. The standard InChI is InChI=1S/C16H31ClO2Si/c1-9-11-14(19-15(17)13(3)10-2)12-18-20(7,8)16(4,5)6/h10-11,13,15H,2,9,12H2,1,3-8H3/b14-11-. The second-order valence-electron chi connectivity index (χ2n) is 6.69. The van der Waals surface area contributed by atoms with Crippen LogP contribution >= 0.6 is 11.6 Å². The molecule has 0 aromatic heterocycles. The summed E-state index contributed by atoms with van der Waals surface area (Å²) in [5.41, 5.74) is -0.395. The Labute approximate surface area is 131 Å². The molecule has 0 rings (SSSR count). The molecular formula is C16H31ClO2Si. The maximum absolute atomic E-state index is 6.22.